The number of carbonyl (C=O) groups is 1. The number of carbonyl (C=O) groups excluding carboxylic acids is 1. The van der Waals surface area contributed by atoms with Gasteiger partial charge in [-0.3, -0.25) is 4.79 Å². The van der Waals surface area contributed by atoms with Crippen LogP contribution in [0.1, 0.15) is 17.3 Å². The Hall–Kier alpha value is -0.200. The molecule has 0 aliphatic heterocycles. The molecule has 0 saturated heterocycles. The Morgan fingerprint density at radius 1 is 1.47 bits per heavy atom. The highest BCUT2D eigenvalue weighted by Gasteiger charge is 2.32. The summed E-state index contributed by atoms with van der Waals surface area (Å²) in [6.45, 7) is 1.54. The van der Waals surface area contributed by atoms with Gasteiger partial charge in [-0.15, -0.1) is 0 Å². The van der Waals surface area contributed by atoms with Crippen molar-refractivity contribution in [2.24, 2.45) is 0 Å². The highest BCUT2D eigenvalue weighted by molar-refractivity contribution is 9.10. The Balaban J connectivity index is 3.22. The fourth-order valence-corrected chi connectivity index (χ4v) is 2.41. The highest BCUT2D eigenvalue weighted by atomic mass is 79.9. The Labute approximate surface area is 114 Å². The van der Waals surface area contributed by atoms with Gasteiger partial charge in [0.15, 0.2) is 5.78 Å². The van der Waals surface area contributed by atoms with Crippen LogP contribution in [0.4, 0.5) is 13.2 Å². The molecule has 17 heavy (non-hydrogen) atoms. The predicted octanol–water partition coefficient (Wildman–Crippen LogP) is 4.92. The zero-order valence-electron chi connectivity index (χ0n) is 8.52. The van der Waals surface area contributed by atoms with Gasteiger partial charge in [0, 0.05) is 4.90 Å². The number of alkyl halides is 4. The van der Waals surface area contributed by atoms with E-state index in [1.54, 1.807) is 0 Å². The van der Waals surface area contributed by atoms with Crippen LogP contribution in [-0.2, 0) is 0 Å². The summed E-state index contributed by atoms with van der Waals surface area (Å²) in [6.07, 6.45) is 0. The number of halogens is 5. The topological polar surface area (TPSA) is 17.1 Å². The number of Topliss-reactive ketones (excluding diaryl/α,β-unsaturated/α-hetero) is 1. The largest absolute Gasteiger partial charge is 0.446 e. The molecule has 0 amide bonds. The summed E-state index contributed by atoms with van der Waals surface area (Å²) < 4.78 is 36.9. The third kappa shape index (κ3) is 4.19. The van der Waals surface area contributed by atoms with E-state index in [2.05, 4.69) is 15.9 Å². The van der Waals surface area contributed by atoms with Gasteiger partial charge < -0.3 is 0 Å². The number of thioether (sulfide) groups is 1. The molecule has 1 atom stereocenters. The minimum Gasteiger partial charge on any atom is -0.293 e. The van der Waals surface area contributed by atoms with Gasteiger partial charge in [0.2, 0.25) is 0 Å². The highest BCUT2D eigenvalue weighted by Crippen LogP contribution is 2.40. The molecule has 94 valence electrons. The lowest BCUT2D eigenvalue weighted by molar-refractivity contribution is -0.0328. The molecule has 0 fully saturated rings. The van der Waals surface area contributed by atoms with Gasteiger partial charge in [-0.25, -0.2) is 0 Å². The number of hydrogen-bond acceptors (Lipinski definition) is 2. The second-order valence-electron chi connectivity index (χ2n) is 3.14. The van der Waals surface area contributed by atoms with Gasteiger partial charge in [-0.1, -0.05) is 33.6 Å². The van der Waals surface area contributed by atoms with Gasteiger partial charge in [-0.2, -0.15) is 13.2 Å². The van der Waals surface area contributed by atoms with Crippen LogP contribution in [0, 0.1) is 0 Å². The van der Waals surface area contributed by atoms with E-state index in [-0.39, 0.29) is 27.2 Å². The smallest absolute Gasteiger partial charge is 0.293 e. The fraction of sp³-hybridized carbons (Fsp3) is 0.300. The van der Waals surface area contributed by atoms with Crippen molar-refractivity contribution >= 4 is 45.1 Å². The van der Waals surface area contributed by atoms with Crippen LogP contribution in [0.15, 0.2) is 23.1 Å². The minimum atomic E-state index is -4.45. The molecule has 7 heteroatoms. The van der Waals surface area contributed by atoms with E-state index in [0.717, 1.165) is 0 Å². The van der Waals surface area contributed by atoms with E-state index in [1.807, 2.05) is 0 Å². The second-order valence-corrected chi connectivity index (χ2v) is 6.03. The second kappa shape index (κ2) is 5.63. The zero-order chi connectivity index (χ0) is 13.2. The average Bonchev–Trinajstić information content (AvgIpc) is 2.14. The van der Waals surface area contributed by atoms with Crippen LogP contribution >= 0.6 is 39.3 Å². The molecule has 1 nitrogen and oxygen atoms in total. The van der Waals surface area contributed by atoms with Crippen LogP contribution in [-0.4, -0.2) is 16.1 Å². The summed E-state index contributed by atoms with van der Waals surface area (Å²) in [5.41, 5.74) is -4.55. The summed E-state index contributed by atoms with van der Waals surface area (Å²) in [6, 6.07) is 4.00. The normalized spacial score (nSPS) is 13.5. The Morgan fingerprint density at radius 2 is 2.06 bits per heavy atom. The molecule has 1 unspecified atom stereocenters. The number of hydrogen-bond donors (Lipinski definition) is 0. The standard InChI is InChI=1S/C10H7BrClF3OS/c1-5(11)9(16)8-6(12)3-2-4-7(8)17-10(13,14)15/h2-5H,1H3. The molecule has 0 aliphatic rings. The minimum absolute atomic E-state index is 0.0237. The van der Waals surface area contributed by atoms with Crippen molar-refractivity contribution in [2.45, 2.75) is 22.2 Å². The average molecular weight is 348 g/mol. The van der Waals surface area contributed by atoms with E-state index < -0.39 is 16.1 Å². The summed E-state index contributed by atoms with van der Waals surface area (Å²) in [5, 5.41) is 0.0237. The molecule has 0 radical (unpaired) electrons. The molecule has 0 aliphatic carbocycles. The summed E-state index contributed by atoms with van der Waals surface area (Å²) in [4.78, 5) is 11.0. The summed E-state index contributed by atoms with van der Waals surface area (Å²) >= 11 is 8.46. The van der Waals surface area contributed by atoms with Crippen molar-refractivity contribution in [3.05, 3.63) is 28.8 Å². The maximum absolute atomic E-state index is 12.3. The number of ketones is 1. The lowest BCUT2D eigenvalue weighted by atomic mass is 10.1. The molecular weight excluding hydrogens is 341 g/mol. The third-order valence-electron chi connectivity index (χ3n) is 1.81. The molecule has 0 N–H and O–H groups in total. The van der Waals surface area contributed by atoms with Gasteiger partial charge in [0.05, 0.1) is 15.4 Å². The maximum atomic E-state index is 12.3. The van der Waals surface area contributed by atoms with Crippen molar-refractivity contribution in [1.82, 2.24) is 0 Å². The number of rotatable bonds is 3. The van der Waals surface area contributed by atoms with Crippen LogP contribution in [0.3, 0.4) is 0 Å². The van der Waals surface area contributed by atoms with Crippen LogP contribution in [0.5, 0.6) is 0 Å². The van der Waals surface area contributed by atoms with Crippen molar-refractivity contribution < 1.29 is 18.0 Å². The lowest BCUT2D eigenvalue weighted by Crippen LogP contribution is -2.13. The monoisotopic (exact) mass is 346 g/mol. The first-order valence-electron chi connectivity index (χ1n) is 4.45. The van der Waals surface area contributed by atoms with Gasteiger partial charge in [0.1, 0.15) is 0 Å². The van der Waals surface area contributed by atoms with Crippen molar-refractivity contribution in [3.8, 4) is 0 Å². The molecule has 1 aromatic rings. The van der Waals surface area contributed by atoms with E-state index >= 15 is 0 Å². The fourth-order valence-electron chi connectivity index (χ4n) is 1.15. The van der Waals surface area contributed by atoms with E-state index in [1.165, 1.54) is 25.1 Å². The lowest BCUT2D eigenvalue weighted by Gasteiger charge is -2.12. The first-order chi connectivity index (χ1) is 7.72. The van der Waals surface area contributed by atoms with Crippen LogP contribution < -0.4 is 0 Å². The summed E-state index contributed by atoms with van der Waals surface area (Å²) in [5.74, 6) is -0.470. The van der Waals surface area contributed by atoms with Gasteiger partial charge >= 0.3 is 5.51 Å². The Kier molecular flexibility index (Phi) is 4.92. The van der Waals surface area contributed by atoms with Crippen molar-refractivity contribution in [1.29, 1.82) is 0 Å². The molecule has 0 bridgehead atoms. The SMILES string of the molecule is CC(Br)C(=O)c1c(Cl)cccc1SC(F)(F)F. The van der Waals surface area contributed by atoms with Gasteiger partial charge in [-0.05, 0) is 30.8 Å². The molecule has 0 saturated carbocycles. The van der Waals surface area contributed by atoms with Crippen molar-refractivity contribution in [2.75, 3.05) is 0 Å². The summed E-state index contributed by atoms with van der Waals surface area (Å²) in [7, 11) is 0. The molecule has 1 rings (SSSR count). The molecular formula is C10H7BrClF3OS. The van der Waals surface area contributed by atoms with E-state index in [0.29, 0.717) is 0 Å². The van der Waals surface area contributed by atoms with Gasteiger partial charge in [0.25, 0.3) is 0 Å². The Morgan fingerprint density at radius 3 is 2.53 bits per heavy atom. The molecule has 0 aromatic heterocycles. The zero-order valence-corrected chi connectivity index (χ0v) is 11.7. The third-order valence-corrected chi connectivity index (χ3v) is 3.33. The first kappa shape index (κ1) is 14.9. The first-order valence-corrected chi connectivity index (χ1v) is 6.56. The van der Waals surface area contributed by atoms with Crippen molar-refractivity contribution in [3.63, 3.8) is 0 Å². The van der Waals surface area contributed by atoms with Crippen LogP contribution in [0.25, 0.3) is 0 Å². The van der Waals surface area contributed by atoms with E-state index in [9.17, 15) is 18.0 Å². The molecule has 1 aromatic carbocycles. The quantitative estimate of drug-likeness (QED) is 0.439. The number of benzene rings is 1. The van der Waals surface area contributed by atoms with Crippen LogP contribution in [0.2, 0.25) is 5.02 Å². The maximum Gasteiger partial charge on any atom is 0.446 e. The molecule has 0 spiro atoms. The van der Waals surface area contributed by atoms with E-state index in [4.69, 9.17) is 11.6 Å². The Bertz CT molecular complexity index is 434. The predicted molar refractivity (Wildman–Crippen MR) is 66.1 cm³/mol. The molecule has 0 heterocycles.